The van der Waals surface area contributed by atoms with Crippen molar-refractivity contribution in [3.05, 3.63) is 0 Å². The van der Waals surface area contributed by atoms with Crippen LogP contribution in [0.25, 0.3) is 0 Å². The summed E-state index contributed by atoms with van der Waals surface area (Å²) in [5, 5.41) is 13.4. The van der Waals surface area contributed by atoms with E-state index in [0.29, 0.717) is 37.8 Å². The van der Waals surface area contributed by atoms with Crippen molar-refractivity contribution in [1.82, 2.24) is 15.5 Å². The lowest BCUT2D eigenvalue weighted by molar-refractivity contribution is -0.140. The molecule has 2 fully saturated rings. The van der Waals surface area contributed by atoms with Gasteiger partial charge in [0.05, 0.1) is 12.4 Å². The number of rotatable bonds is 11. The Morgan fingerprint density at radius 2 is 1.76 bits per heavy atom. The van der Waals surface area contributed by atoms with Crippen LogP contribution in [0.4, 0.5) is 4.79 Å². The molecule has 1 aliphatic heterocycles. The van der Waals surface area contributed by atoms with Crippen molar-refractivity contribution in [3.63, 3.8) is 0 Å². The molecule has 0 bridgehead atoms. The molecule has 0 aromatic carbocycles. The minimum atomic E-state index is -0.691. The maximum absolute atomic E-state index is 13.4. The molecular weight excluding hydrogens is 422 g/mol. The summed E-state index contributed by atoms with van der Waals surface area (Å²) in [6.07, 6.45) is 6.84. The third-order valence-electron chi connectivity index (χ3n) is 7.28. The second-order valence-corrected chi connectivity index (χ2v) is 9.44. The lowest BCUT2D eigenvalue weighted by Gasteiger charge is -2.31. The van der Waals surface area contributed by atoms with E-state index in [-0.39, 0.29) is 30.2 Å². The minimum Gasteiger partial charge on any atom is -0.450 e. The number of carbonyl (C=O) groups excluding carboxylic acids is 3. The quantitative estimate of drug-likeness (QED) is 0.275. The van der Waals surface area contributed by atoms with Gasteiger partial charge in [-0.1, -0.05) is 26.7 Å². The van der Waals surface area contributed by atoms with E-state index < -0.39 is 18.2 Å². The van der Waals surface area contributed by atoms with E-state index in [0.717, 1.165) is 44.9 Å². The van der Waals surface area contributed by atoms with Crippen LogP contribution in [-0.4, -0.2) is 60.4 Å². The maximum atomic E-state index is 13.4. The average Bonchev–Trinajstić information content (AvgIpc) is 3.30. The standard InChI is InChI=1S/C24H43N5O4/c1-4-16(5-2)14-19(28-24(32)33-6-3)23(31)29-13-7-8-20(29)22(30)27-15-17-9-11-18(12-10-17)21(25)26/h16-20H,4-15H2,1-3H3,(H3,25,26)(H,27,30)(H,28,32)/t17?,18?,19-,20+/m1/s1. The molecule has 3 amide bonds. The summed E-state index contributed by atoms with van der Waals surface area (Å²) >= 11 is 0. The Kier molecular flexibility index (Phi) is 10.9. The lowest BCUT2D eigenvalue weighted by atomic mass is 9.81. The smallest absolute Gasteiger partial charge is 0.407 e. The Morgan fingerprint density at radius 1 is 1.09 bits per heavy atom. The zero-order valence-electron chi connectivity index (χ0n) is 20.5. The zero-order chi connectivity index (χ0) is 24.4. The van der Waals surface area contributed by atoms with Crippen molar-refractivity contribution in [2.45, 2.75) is 90.6 Å². The Labute approximate surface area is 198 Å². The number of amides is 3. The summed E-state index contributed by atoms with van der Waals surface area (Å²) in [7, 11) is 0. The summed E-state index contributed by atoms with van der Waals surface area (Å²) in [4.78, 5) is 40.1. The molecule has 188 valence electrons. The molecule has 0 aromatic rings. The summed E-state index contributed by atoms with van der Waals surface area (Å²) in [5.74, 6) is 0.793. The second-order valence-electron chi connectivity index (χ2n) is 9.44. The lowest BCUT2D eigenvalue weighted by Crippen LogP contribution is -2.54. The molecule has 9 nitrogen and oxygen atoms in total. The predicted octanol–water partition coefficient (Wildman–Crippen LogP) is 2.78. The molecule has 5 N–H and O–H groups in total. The first kappa shape index (κ1) is 26.9. The van der Waals surface area contributed by atoms with Crippen LogP contribution in [-0.2, 0) is 14.3 Å². The predicted molar refractivity (Wildman–Crippen MR) is 128 cm³/mol. The summed E-state index contributed by atoms with van der Waals surface area (Å²) in [5.41, 5.74) is 5.62. The number of hydrogen-bond donors (Lipinski definition) is 4. The molecular formula is C24H43N5O4. The largest absolute Gasteiger partial charge is 0.450 e. The van der Waals surface area contributed by atoms with Gasteiger partial charge in [-0.15, -0.1) is 0 Å². The molecule has 2 aliphatic rings. The fraction of sp³-hybridized carbons (Fsp3) is 0.833. The number of nitrogens with one attached hydrogen (secondary N) is 3. The highest BCUT2D eigenvalue weighted by Crippen LogP contribution is 2.28. The number of carbonyl (C=O) groups is 3. The summed E-state index contributed by atoms with van der Waals surface area (Å²) in [6, 6.07) is -1.19. The molecule has 33 heavy (non-hydrogen) atoms. The van der Waals surface area contributed by atoms with Crippen molar-refractivity contribution in [2.75, 3.05) is 19.7 Å². The molecule has 2 rings (SSSR count). The van der Waals surface area contributed by atoms with Gasteiger partial charge in [-0.3, -0.25) is 15.0 Å². The van der Waals surface area contributed by atoms with Gasteiger partial charge in [-0.25, -0.2) is 4.79 Å². The van der Waals surface area contributed by atoms with E-state index in [1.807, 2.05) is 0 Å². The fourth-order valence-corrected chi connectivity index (χ4v) is 5.04. The highest BCUT2D eigenvalue weighted by Gasteiger charge is 2.38. The molecule has 2 atom stereocenters. The Bertz CT molecular complexity index is 674. The molecule has 1 saturated heterocycles. The van der Waals surface area contributed by atoms with Crippen LogP contribution in [0.1, 0.15) is 78.6 Å². The van der Waals surface area contributed by atoms with Gasteiger partial charge in [0.1, 0.15) is 12.1 Å². The van der Waals surface area contributed by atoms with Gasteiger partial charge in [0.25, 0.3) is 0 Å². The van der Waals surface area contributed by atoms with Crippen molar-refractivity contribution < 1.29 is 19.1 Å². The van der Waals surface area contributed by atoms with E-state index >= 15 is 0 Å². The van der Waals surface area contributed by atoms with Crippen LogP contribution >= 0.6 is 0 Å². The van der Waals surface area contributed by atoms with Crippen LogP contribution in [0.5, 0.6) is 0 Å². The number of hydrogen-bond acceptors (Lipinski definition) is 5. The van der Waals surface area contributed by atoms with Crippen LogP contribution < -0.4 is 16.4 Å². The van der Waals surface area contributed by atoms with Gasteiger partial charge in [0.2, 0.25) is 11.8 Å². The Balaban J connectivity index is 1.96. The van der Waals surface area contributed by atoms with Gasteiger partial charge in [0, 0.05) is 19.0 Å². The van der Waals surface area contributed by atoms with E-state index in [2.05, 4.69) is 24.5 Å². The van der Waals surface area contributed by atoms with Crippen molar-refractivity contribution in [2.24, 2.45) is 23.5 Å². The fourth-order valence-electron chi connectivity index (χ4n) is 5.04. The maximum Gasteiger partial charge on any atom is 0.407 e. The van der Waals surface area contributed by atoms with Crippen LogP contribution in [0, 0.1) is 23.2 Å². The van der Waals surface area contributed by atoms with Gasteiger partial charge in [-0.2, -0.15) is 0 Å². The summed E-state index contributed by atoms with van der Waals surface area (Å²) < 4.78 is 5.02. The van der Waals surface area contributed by atoms with Gasteiger partial charge in [0.15, 0.2) is 0 Å². The molecule has 1 saturated carbocycles. The number of nitrogens with two attached hydrogens (primary N) is 1. The van der Waals surface area contributed by atoms with E-state index in [9.17, 15) is 14.4 Å². The summed E-state index contributed by atoms with van der Waals surface area (Å²) in [6.45, 7) is 7.22. The highest BCUT2D eigenvalue weighted by molar-refractivity contribution is 5.91. The number of nitrogens with zero attached hydrogens (tertiary/aromatic N) is 1. The van der Waals surface area contributed by atoms with E-state index in [1.165, 1.54) is 0 Å². The molecule has 0 spiro atoms. The first-order valence-electron chi connectivity index (χ1n) is 12.7. The zero-order valence-corrected chi connectivity index (χ0v) is 20.5. The number of ether oxygens (including phenoxy) is 1. The van der Waals surface area contributed by atoms with Gasteiger partial charge >= 0.3 is 6.09 Å². The Hall–Kier alpha value is -2.32. The third kappa shape index (κ3) is 7.89. The molecule has 1 aliphatic carbocycles. The number of alkyl carbamates (subject to hydrolysis) is 1. The molecule has 0 radical (unpaired) electrons. The van der Waals surface area contributed by atoms with Crippen LogP contribution in [0.2, 0.25) is 0 Å². The molecule has 0 unspecified atom stereocenters. The SMILES string of the molecule is CCOC(=O)N[C@H](CC(CC)CC)C(=O)N1CCC[C@H]1C(=O)NCC1CCC(C(=N)N)CC1. The van der Waals surface area contributed by atoms with Crippen molar-refractivity contribution in [3.8, 4) is 0 Å². The average molecular weight is 466 g/mol. The number of amidine groups is 1. The van der Waals surface area contributed by atoms with Crippen molar-refractivity contribution >= 4 is 23.7 Å². The van der Waals surface area contributed by atoms with E-state index in [1.54, 1.807) is 11.8 Å². The second kappa shape index (κ2) is 13.4. The highest BCUT2D eigenvalue weighted by atomic mass is 16.5. The first-order valence-corrected chi connectivity index (χ1v) is 12.7. The minimum absolute atomic E-state index is 0.119. The molecule has 0 aromatic heterocycles. The molecule has 1 heterocycles. The van der Waals surface area contributed by atoms with Crippen LogP contribution in [0.15, 0.2) is 0 Å². The van der Waals surface area contributed by atoms with Gasteiger partial charge < -0.3 is 26.0 Å². The van der Waals surface area contributed by atoms with E-state index in [4.69, 9.17) is 15.9 Å². The third-order valence-corrected chi connectivity index (χ3v) is 7.28. The van der Waals surface area contributed by atoms with Gasteiger partial charge in [-0.05, 0) is 63.7 Å². The number of likely N-dealkylation sites (tertiary alicyclic amines) is 1. The topological polar surface area (TPSA) is 138 Å². The monoisotopic (exact) mass is 465 g/mol. The molecule has 9 heteroatoms. The first-order chi connectivity index (χ1) is 15.8. The normalized spacial score (nSPS) is 23.8. The Morgan fingerprint density at radius 3 is 2.33 bits per heavy atom. The van der Waals surface area contributed by atoms with Crippen LogP contribution in [0.3, 0.4) is 0 Å². The van der Waals surface area contributed by atoms with Crippen molar-refractivity contribution in [1.29, 1.82) is 5.41 Å².